The van der Waals surface area contributed by atoms with E-state index >= 15 is 0 Å². The number of H-pyrrole nitrogens is 1. The van der Waals surface area contributed by atoms with E-state index in [0.29, 0.717) is 17.9 Å². The van der Waals surface area contributed by atoms with Gasteiger partial charge in [-0.05, 0) is 30.7 Å². The van der Waals surface area contributed by atoms with Crippen LogP contribution in [0, 0.1) is 18.8 Å². The molecule has 0 aliphatic heterocycles. The van der Waals surface area contributed by atoms with Crippen LogP contribution in [0.1, 0.15) is 27.3 Å². The van der Waals surface area contributed by atoms with Gasteiger partial charge in [-0.25, -0.2) is 4.98 Å². The molecule has 0 spiro atoms. The van der Waals surface area contributed by atoms with Gasteiger partial charge in [0.1, 0.15) is 18.8 Å². The Morgan fingerprint density at radius 1 is 1.48 bits per heavy atom. The van der Waals surface area contributed by atoms with Gasteiger partial charge in [-0.3, -0.25) is 9.89 Å². The second-order valence-corrected chi connectivity index (χ2v) is 4.58. The molecule has 0 saturated carbocycles. The summed E-state index contributed by atoms with van der Waals surface area (Å²) in [6.07, 6.45) is 1.41. The number of benzene rings is 1. The van der Waals surface area contributed by atoms with Crippen molar-refractivity contribution in [3.8, 4) is 11.8 Å². The number of carbonyl (C=O) groups excluding carboxylic acids is 1. The van der Waals surface area contributed by atoms with Crippen LogP contribution in [-0.2, 0) is 6.54 Å². The molecule has 21 heavy (non-hydrogen) atoms. The minimum atomic E-state index is -0.181. The minimum Gasteiger partial charge on any atom is -0.384 e. The van der Waals surface area contributed by atoms with Crippen molar-refractivity contribution in [1.29, 1.82) is 0 Å². The summed E-state index contributed by atoms with van der Waals surface area (Å²) in [7, 11) is 1.71. The van der Waals surface area contributed by atoms with E-state index in [1.54, 1.807) is 30.1 Å². The van der Waals surface area contributed by atoms with Crippen molar-refractivity contribution in [1.82, 2.24) is 20.1 Å². The molecular weight excluding hydrogens is 268 g/mol. The van der Waals surface area contributed by atoms with Crippen LogP contribution in [0.5, 0.6) is 0 Å². The molecule has 0 atom stereocenters. The summed E-state index contributed by atoms with van der Waals surface area (Å²) in [5, 5.41) is 15.2. The first-order chi connectivity index (χ1) is 10.1. The molecule has 2 N–H and O–H groups in total. The molecular formula is C15H16N4O2. The maximum Gasteiger partial charge on any atom is 0.254 e. The van der Waals surface area contributed by atoms with Crippen LogP contribution in [-0.4, -0.2) is 44.7 Å². The quantitative estimate of drug-likeness (QED) is 0.814. The van der Waals surface area contributed by atoms with Crippen molar-refractivity contribution in [2.75, 3.05) is 13.7 Å². The lowest BCUT2D eigenvalue weighted by Crippen LogP contribution is -2.26. The highest BCUT2D eigenvalue weighted by molar-refractivity contribution is 5.94. The van der Waals surface area contributed by atoms with Crippen LogP contribution in [0.4, 0.5) is 0 Å². The molecule has 1 heterocycles. The maximum absolute atomic E-state index is 12.3. The van der Waals surface area contributed by atoms with Crippen LogP contribution in [0.25, 0.3) is 0 Å². The van der Waals surface area contributed by atoms with E-state index in [4.69, 9.17) is 5.11 Å². The summed E-state index contributed by atoms with van der Waals surface area (Å²) < 4.78 is 0. The van der Waals surface area contributed by atoms with Crippen molar-refractivity contribution in [2.45, 2.75) is 13.5 Å². The summed E-state index contributed by atoms with van der Waals surface area (Å²) in [6.45, 7) is 2.07. The molecule has 1 aromatic heterocycles. The molecule has 6 nitrogen and oxygen atoms in total. The number of aliphatic hydroxyl groups excluding tert-OH is 1. The average molecular weight is 284 g/mol. The van der Waals surface area contributed by atoms with Crippen molar-refractivity contribution in [2.24, 2.45) is 0 Å². The highest BCUT2D eigenvalue weighted by atomic mass is 16.2. The number of aliphatic hydroxyl groups is 1. The molecule has 0 fully saturated rings. The standard InChI is InChI=1S/C15H16N4O2/c1-11-8-13(6-5-12(11)4-3-7-20)15(21)19(2)9-14-16-10-17-18-14/h5-6,8,10,20H,7,9H2,1-2H3,(H,16,17,18). The molecule has 0 aliphatic carbocycles. The predicted molar refractivity (Wildman–Crippen MR) is 77.3 cm³/mol. The lowest BCUT2D eigenvalue weighted by Gasteiger charge is -2.16. The smallest absolute Gasteiger partial charge is 0.254 e. The van der Waals surface area contributed by atoms with Gasteiger partial charge in [0.15, 0.2) is 0 Å². The molecule has 0 saturated heterocycles. The Morgan fingerprint density at radius 2 is 2.29 bits per heavy atom. The summed E-state index contributed by atoms with van der Waals surface area (Å²) in [5.74, 6) is 5.98. The van der Waals surface area contributed by atoms with E-state index in [-0.39, 0.29) is 12.5 Å². The second-order valence-electron chi connectivity index (χ2n) is 4.58. The van der Waals surface area contributed by atoms with E-state index in [9.17, 15) is 4.79 Å². The molecule has 1 amide bonds. The number of rotatable bonds is 3. The van der Waals surface area contributed by atoms with Gasteiger partial charge in [0.2, 0.25) is 0 Å². The second kappa shape index (κ2) is 6.68. The zero-order valence-corrected chi connectivity index (χ0v) is 11.9. The maximum atomic E-state index is 12.3. The Labute approximate surface area is 122 Å². The third-order valence-electron chi connectivity index (χ3n) is 2.97. The monoisotopic (exact) mass is 284 g/mol. The van der Waals surface area contributed by atoms with Gasteiger partial charge in [-0.2, -0.15) is 5.10 Å². The van der Waals surface area contributed by atoms with Gasteiger partial charge < -0.3 is 10.0 Å². The van der Waals surface area contributed by atoms with E-state index in [0.717, 1.165) is 11.1 Å². The number of nitrogens with one attached hydrogen (secondary N) is 1. The first kappa shape index (κ1) is 14.8. The Morgan fingerprint density at radius 3 is 2.90 bits per heavy atom. The van der Waals surface area contributed by atoms with Gasteiger partial charge in [-0.15, -0.1) is 0 Å². The van der Waals surface area contributed by atoms with Crippen molar-refractivity contribution < 1.29 is 9.90 Å². The Bertz CT molecular complexity index is 683. The molecule has 2 rings (SSSR count). The van der Waals surface area contributed by atoms with E-state index in [1.165, 1.54) is 6.33 Å². The number of nitrogens with zero attached hydrogens (tertiary/aromatic N) is 3. The van der Waals surface area contributed by atoms with Crippen molar-refractivity contribution in [3.05, 3.63) is 47.0 Å². The third-order valence-corrected chi connectivity index (χ3v) is 2.97. The zero-order chi connectivity index (χ0) is 15.2. The van der Waals surface area contributed by atoms with Crippen molar-refractivity contribution in [3.63, 3.8) is 0 Å². The molecule has 0 bridgehead atoms. The SMILES string of the molecule is Cc1cc(C(=O)N(C)Cc2ncn[nH]2)ccc1C#CCO. The van der Waals surface area contributed by atoms with Crippen LogP contribution < -0.4 is 0 Å². The first-order valence-electron chi connectivity index (χ1n) is 6.42. The zero-order valence-electron chi connectivity index (χ0n) is 11.9. The van der Waals surface area contributed by atoms with Crippen LogP contribution in [0.15, 0.2) is 24.5 Å². The molecule has 0 aliphatic rings. The lowest BCUT2D eigenvalue weighted by molar-refractivity contribution is 0.0781. The molecule has 2 aromatic rings. The molecule has 0 radical (unpaired) electrons. The lowest BCUT2D eigenvalue weighted by atomic mass is 10.0. The molecule has 6 heteroatoms. The minimum absolute atomic E-state index is 0.101. The number of carbonyl (C=O) groups is 1. The number of hydrogen-bond donors (Lipinski definition) is 2. The fourth-order valence-corrected chi connectivity index (χ4v) is 1.90. The topological polar surface area (TPSA) is 82.1 Å². The van der Waals surface area contributed by atoms with Crippen molar-refractivity contribution >= 4 is 5.91 Å². The predicted octanol–water partition coefficient (Wildman–Crippen LogP) is 0.729. The Hall–Kier alpha value is -2.65. The summed E-state index contributed by atoms with van der Waals surface area (Å²) >= 11 is 0. The van der Waals surface area contributed by atoms with E-state index in [2.05, 4.69) is 27.0 Å². The van der Waals surface area contributed by atoms with Gasteiger partial charge >= 0.3 is 0 Å². The highest BCUT2D eigenvalue weighted by Crippen LogP contribution is 2.12. The highest BCUT2D eigenvalue weighted by Gasteiger charge is 2.13. The van der Waals surface area contributed by atoms with Crippen LogP contribution >= 0.6 is 0 Å². The fraction of sp³-hybridized carbons (Fsp3) is 0.267. The summed E-state index contributed by atoms with van der Waals surface area (Å²) in [4.78, 5) is 17.9. The Balaban J connectivity index is 2.14. The molecule has 1 aromatic carbocycles. The third kappa shape index (κ3) is 3.68. The average Bonchev–Trinajstić information content (AvgIpc) is 2.98. The number of aryl methyl sites for hydroxylation is 1. The summed E-state index contributed by atoms with van der Waals surface area (Å²) in [5.41, 5.74) is 2.29. The van der Waals surface area contributed by atoms with Gasteiger partial charge in [0.05, 0.1) is 6.54 Å². The fourth-order valence-electron chi connectivity index (χ4n) is 1.90. The van der Waals surface area contributed by atoms with Gasteiger partial charge in [-0.1, -0.05) is 11.8 Å². The summed E-state index contributed by atoms with van der Waals surface area (Å²) in [6, 6.07) is 5.31. The van der Waals surface area contributed by atoms with Crippen LogP contribution in [0.3, 0.4) is 0 Å². The van der Waals surface area contributed by atoms with Gasteiger partial charge in [0, 0.05) is 18.2 Å². The number of hydrogen-bond acceptors (Lipinski definition) is 4. The molecule has 0 unspecified atom stereocenters. The van der Waals surface area contributed by atoms with Gasteiger partial charge in [0.25, 0.3) is 5.91 Å². The van der Waals surface area contributed by atoms with E-state index in [1.807, 2.05) is 6.92 Å². The van der Waals surface area contributed by atoms with E-state index < -0.39 is 0 Å². The molecule has 108 valence electrons. The number of aromatic amines is 1. The number of aromatic nitrogens is 3. The van der Waals surface area contributed by atoms with Crippen LogP contribution in [0.2, 0.25) is 0 Å². The normalized spacial score (nSPS) is 9.86. The number of amides is 1. The largest absolute Gasteiger partial charge is 0.384 e. The Kier molecular flexibility index (Phi) is 4.69. The first-order valence-corrected chi connectivity index (χ1v) is 6.42.